The smallest absolute Gasteiger partial charge is 0.346 e. The zero-order chi connectivity index (χ0) is 19.0. The fourth-order valence-electron chi connectivity index (χ4n) is 6.55. The van der Waals surface area contributed by atoms with Crippen molar-refractivity contribution in [1.82, 2.24) is 4.57 Å². The number of aromatic nitrogens is 1. The van der Waals surface area contributed by atoms with Crippen molar-refractivity contribution in [2.45, 2.75) is 32.1 Å². The van der Waals surface area contributed by atoms with Gasteiger partial charge in [0, 0.05) is 29.7 Å². The van der Waals surface area contributed by atoms with Crippen LogP contribution in [0.15, 0.2) is 47.2 Å². The molecule has 142 valence electrons. The van der Waals surface area contributed by atoms with Gasteiger partial charge in [0.25, 0.3) is 0 Å². The second kappa shape index (κ2) is 5.69. The maximum Gasteiger partial charge on any atom is 0.346 e. The Kier molecular flexibility index (Phi) is 3.32. The van der Waals surface area contributed by atoms with E-state index in [9.17, 15) is 9.59 Å². The molecule has 0 unspecified atom stereocenters. The molecule has 4 aliphatic carbocycles. The van der Waals surface area contributed by atoms with Gasteiger partial charge in [-0.3, -0.25) is 0 Å². The van der Waals surface area contributed by atoms with Gasteiger partial charge in [-0.2, -0.15) is 0 Å². The van der Waals surface area contributed by atoms with Crippen LogP contribution in [-0.4, -0.2) is 16.5 Å². The molecule has 0 atom stereocenters. The number of nitrogens with zero attached hydrogens (tertiary/aromatic N) is 1. The fourth-order valence-corrected chi connectivity index (χ4v) is 6.55. The molecule has 7 rings (SSSR count). The summed E-state index contributed by atoms with van der Waals surface area (Å²) in [6.07, 6.45) is 9.96. The maximum atomic E-state index is 12.7. The van der Waals surface area contributed by atoms with Crippen LogP contribution in [0.1, 0.15) is 37.7 Å². The molecule has 1 aliphatic heterocycles. The highest BCUT2D eigenvalue weighted by Gasteiger charge is 2.49. The first kappa shape index (κ1) is 16.3. The number of rotatable bonds is 1. The van der Waals surface area contributed by atoms with Crippen molar-refractivity contribution in [2.24, 2.45) is 30.7 Å². The standard InChI is InChI=1S/C24H23NO3/c1-25-12-17(18-4-2-3-5-20(18)25)11-19-22(24(27)28-23(19)26)21-15-7-13-6-14(9-15)10-16(21)8-13/h2-5,11-16H,6-10H2,1H3. The van der Waals surface area contributed by atoms with Gasteiger partial charge in [0.15, 0.2) is 0 Å². The maximum absolute atomic E-state index is 12.7. The Hall–Kier alpha value is -2.62. The molecular formula is C24H23NO3. The van der Waals surface area contributed by atoms with Crippen LogP contribution in [0.5, 0.6) is 0 Å². The number of esters is 2. The Morgan fingerprint density at radius 2 is 1.64 bits per heavy atom. The molecule has 1 aromatic heterocycles. The van der Waals surface area contributed by atoms with Crippen molar-refractivity contribution >= 4 is 28.9 Å². The predicted octanol–water partition coefficient (Wildman–Crippen LogP) is 4.40. The lowest BCUT2D eigenvalue weighted by molar-refractivity contribution is -0.149. The summed E-state index contributed by atoms with van der Waals surface area (Å²) >= 11 is 0. The molecule has 1 saturated heterocycles. The Morgan fingerprint density at radius 1 is 0.964 bits per heavy atom. The molecule has 0 amide bonds. The molecule has 5 fully saturated rings. The van der Waals surface area contributed by atoms with Gasteiger partial charge in [-0.1, -0.05) is 18.2 Å². The van der Waals surface area contributed by atoms with Crippen molar-refractivity contribution in [3.8, 4) is 0 Å². The molecule has 4 nitrogen and oxygen atoms in total. The van der Waals surface area contributed by atoms with Crippen LogP contribution in [-0.2, 0) is 21.4 Å². The molecule has 4 saturated carbocycles. The Morgan fingerprint density at radius 3 is 2.36 bits per heavy atom. The summed E-state index contributed by atoms with van der Waals surface area (Å²) in [4.78, 5) is 25.4. The van der Waals surface area contributed by atoms with Crippen LogP contribution in [0.2, 0.25) is 0 Å². The molecule has 0 spiro atoms. The van der Waals surface area contributed by atoms with Crippen molar-refractivity contribution in [3.05, 3.63) is 52.7 Å². The van der Waals surface area contributed by atoms with Crippen LogP contribution >= 0.6 is 0 Å². The van der Waals surface area contributed by atoms with E-state index in [2.05, 4.69) is 16.7 Å². The molecule has 0 N–H and O–H groups in total. The average Bonchev–Trinajstić information content (AvgIpc) is 3.12. The van der Waals surface area contributed by atoms with Gasteiger partial charge in [-0.15, -0.1) is 0 Å². The molecule has 2 aromatic rings. The minimum Gasteiger partial charge on any atom is -0.386 e. The Labute approximate surface area is 163 Å². The number of ether oxygens (including phenoxy) is 1. The lowest BCUT2D eigenvalue weighted by Gasteiger charge is -2.51. The quantitative estimate of drug-likeness (QED) is 0.423. The third-order valence-corrected chi connectivity index (χ3v) is 7.41. The van der Waals surface area contributed by atoms with E-state index in [4.69, 9.17) is 4.74 Å². The molecule has 0 radical (unpaired) electrons. The first-order valence-electron chi connectivity index (χ1n) is 10.3. The van der Waals surface area contributed by atoms with Gasteiger partial charge < -0.3 is 9.30 Å². The van der Waals surface area contributed by atoms with E-state index >= 15 is 0 Å². The van der Waals surface area contributed by atoms with Gasteiger partial charge in [-0.05, 0) is 73.5 Å². The summed E-state index contributed by atoms with van der Waals surface area (Å²) in [5.74, 6) is 1.62. The molecule has 5 aliphatic rings. The summed E-state index contributed by atoms with van der Waals surface area (Å²) in [5.41, 5.74) is 4.35. The van der Waals surface area contributed by atoms with Gasteiger partial charge >= 0.3 is 11.9 Å². The summed E-state index contributed by atoms with van der Waals surface area (Å²) in [5, 5.41) is 1.08. The monoisotopic (exact) mass is 373 g/mol. The summed E-state index contributed by atoms with van der Waals surface area (Å²) < 4.78 is 7.18. The van der Waals surface area contributed by atoms with Gasteiger partial charge in [0.1, 0.15) is 0 Å². The lowest BCUT2D eigenvalue weighted by Crippen LogP contribution is -2.41. The van der Waals surface area contributed by atoms with Crippen LogP contribution in [0.3, 0.4) is 0 Å². The predicted molar refractivity (Wildman–Crippen MR) is 106 cm³/mol. The number of fused-ring (bicyclic) bond motifs is 1. The third-order valence-electron chi connectivity index (χ3n) is 7.41. The number of aryl methyl sites for hydroxylation is 1. The summed E-state index contributed by atoms with van der Waals surface area (Å²) in [7, 11) is 2.00. The second-order valence-electron chi connectivity index (χ2n) is 9.08. The third kappa shape index (κ3) is 2.24. The van der Waals surface area contributed by atoms with E-state index in [0.717, 1.165) is 28.3 Å². The number of allylic oxidation sites excluding steroid dienone is 1. The van der Waals surface area contributed by atoms with Crippen LogP contribution in [0, 0.1) is 23.7 Å². The van der Waals surface area contributed by atoms with E-state index in [1.54, 1.807) is 0 Å². The van der Waals surface area contributed by atoms with E-state index in [-0.39, 0.29) is 0 Å². The first-order chi connectivity index (χ1) is 13.6. The summed E-state index contributed by atoms with van der Waals surface area (Å²) in [6.45, 7) is 0. The van der Waals surface area contributed by atoms with Crippen LogP contribution in [0.25, 0.3) is 17.0 Å². The highest BCUT2D eigenvalue weighted by molar-refractivity contribution is 6.21. The van der Waals surface area contributed by atoms with E-state index in [0.29, 0.717) is 23.0 Å². The zero-order valence-electron chi connectivity index (χ0n) is 16.0. The first-order valence-corrected chi connectivity index (χ1v) is 10.3. The largest absolute Gasteiger partial charge is 0.386 e. The molecule has 2 heterocycles. The minimum absolute atomic E-state index is 0.432. The number of benzene rings is 1. The van der Waals surface area contributed by atoms with Crippen molar-refractivity contribution in [3.63, 3.8) is 0 Å². The minimum atomic E-state index is -0.491. The van der Waals surface area contributed by atoms with Crippen LogP contribution < -0.4 is 0 Å². The molecule has 4 bridgehead atoms. The number of hydrogen-bond acceptors (Lipinski definition) is 3. The van der Waals surface area contributed by atoms with E-state index in [1.807, 2.05) is 31.5 Å². The fraction of sp³-hybridized carbons (Fsp3) is 0.417. The highest BCUT2D eigenvalue weighted by Crippen LogP contribution is 2.58. The van der Waals surface area contributed by atoms with Crippen molar-refractivity contribution < 1.29 is 14.3 Å². The number of cyclic esters (lactones) is 2. The van der Waals surface area contributed by atoms with Gasteiger partial charge in [0.2, 0.25) is 0 Å². The van der Waals surface area contributed by atoms with Crippen LogP contribution in [0.4, 0.5) is 0 Å². The molecule has 28 heavy (non-hydrogen) atoms. The SMILES string of the molecule is Cn1cc(C=C2C(=O)OC(=O)C2=C2C3CC4CC(C3)CC2C4)c2ccccc21. The molecular weight excluding hydrogens is 350 g/mol. The lowest BCUT2D eigenvalue weighted by atomic mass is 9.53. The summed E-state index contributed by atoms with van der Waals surface area (Å²) in [6, 6.07) is 8.13. The van der Waals surface area contributed by atoms with Crippen molar-refractivity contribution in [2.75, 3.05) is 0 Å². The Bertz CT molecular complexity index is 1070. The van der Waals surface area contributed by atoms with Gasteiger partial charge in [0.05, 0.1) is 11.1 Å². The number of carbonyl (C=O) groups is 2. The number of para-hydroxylation sites is 1. The molecule has 4 heteroatoms. The average molecular weight is 373 g/mol. The zero-order valence-corrected chi connectivity index (χ0v) is 16.0. The van der Waals surface area contributed by atoms with Crippen molar-refractivity contribution in [1.29, 1.82) is 0 Å². The molecule has 1 aromatic carbocycles. The number of hydrogen-bond donors (Lipinski definition) is 0. The van der Waals surface area contributed by atoms with Gasteiger partial charge in [-0.25, -0.2) is 9.59 Å². The normalized spacial score (nSPS) is 32.8. The van der Waals surface area contributed by atoms with E-state index < -0.39 is 11.9 Å². The topological polar surface area (TPSA) is 48.3 Å². The number of carbonyl (C=O) groups excluding carboxylic acids is 2. The highest BCUT2D eigenvalue weighted by atomic mass is 16.6. The second-order valence-corrected chi connectivity index (χ2v) is 9.08. The van der Waals surface area contributed by atoms with E-state index in [1.165, 1.54) is 37.7 Å². The Balaban J connectivity index is 1.53.